The van der Waals surface area contributed by atoms with Gasteiger partial charge in [-0.1, -0.05) is 6.07 Å². The Hall–Kier alpha value is -1.57. The summed E-state index contributed by atoms with van der Waals surface area (Å²) in [5.74, 6) is 0. The molecule has 0 heterocycles. The SMILES string of the molecule is COC[C@@H](N)c1ccc(C#N)c(N)c1. The Morgan fingerprint density at radius 1 is 1.57 bits per heavy atom. The lowest BCUT2D eigenvalue weighted by Crippen LogP contribution is -2.16. The molecule has 0 aliphatic carbocycles. The van der Waals surface area contributed by atoms with Crippen LogP contribution < -0.4 is 11.5 Å². The van der Waals surface area contributed by atoms with Gasteiger partial charge >= 0.3 is 0 Å². The maximum Gasteiger partial charge on any atom is 0.101 e. The monoisotopic (exact) mass is 191 g/mol. The van der Waals surface area contributed by atoms with Crippen molar-refractivity contribution in [3.63, 3.8) is 0 Å². The topological polar surface area (TPSA) is 85.1 Å². The molecule has 0 saturated heterocycles. The molecule has 1 atom stereocenters. The summed E-state index contributed by atoms with van der Waals surface area (Å²) in [6.07, 6.45) is 0. The summed E-state index contributed by atoms with van der Waals surface area (Å²) in [6, 6.07) is 6.96. The molecular weight excluding hydrogens is 178 g/mol. The molecule has 0 amide bonds. The maximum atomic E-state index is 8.67. The van der Waals surface area contributed by atoms with Gasteiger partial charge in [0.2, 0.25) is 0 Å². The number of nitrogen functional groups attached to an aromatic ring is 1. The van der Waals surface area contributed by atoms with E-state index in [-0.39, 0.29) is 6.04 Å². The minimum Gasteiger partial charge on any atom is -0.398 e. The van der Waals surface area contributed by atoms with Crippen molar-refractivity contribution in [2.75, 3.05) is 19.5 Å². The molecule has 0 spiro atoms. The summed E-state index contributed by atoms with van der Waals surface area (Å²) >= 11 is 0. The average Bonchev–Trinajstić information content (AvgIpc) is 2.18. The fraction of sp³-hybridized carbons (Fsp3) is 0.300. The molecule has 0 bridgehead atoms. The van der Waals surface area contributed by atoms with Gasteiger partial charge in [0.25, 0.3) is 0 Å². The lowest BCUT2D eigenvalue weighted by Gasteiger charge is -2.11. The largest absolute Gasteiger partial charge is 0.398 e. The number of nitrogens with two attached hydrogens (primary N) is 2. The Kier molecular flexibility index (Phi) is 3.46. The summed E-state index contributed by atoms with van der Waals surface area (Å²) in [5.41, 5.74) is 13.3. The van der Waals surface area contributed by atoms with Crippen molar-refractivity contribution in [1.82, 2.24) is 0 Å². The lowest BCUT2D eigenvalue weighted by molar-refractivity contribution is 0.181. The zero-order valence-electron chi connectivity index (χ0n) is 8.03. The number of nitriles is 1. The van der Waals surface area contributed by atoms with Crippen LogP contribution in [0.2, 0.25) is 0 Å². The summed E-state index contributed by atoms with van der Waals surface area (Å²) in [4.78, 5) is 0. The van der Waals surface area contributed by atoms with Crippen LogP contribution in [-0.2, 0) is 4.74 Å². The first-order valence-corrected chi connectivity index (χ1v) is 4.23. The highest BCUT2D eigenvalue weighted by atomic mass is 16.5. The van der Waals surface area contributed by atoms with Gasteiger partial charge in [0, 0.05) is 12.8 Å². The van der Waals surface area contributed by atoms with Gasteiger partial charge in [-0.05, 0) is 17.7 Å². The van der Waals surface area contributed by atoms with Crippen LogP contribution in [0.25, 0.3) is 0 Å². The van der Waals surface area contributed by atoms with Crippen LogP contribution >= 0.6 is 0 Å². The number of ether oxygens (including phenoxy) is 1. The van der Waals surface area contributed by atoms with E-state index in [1.54, 1.807) is 25.3 Å². The number of nitrogens with zero attached hydrogens (tertiary/aromatic N) is 1. The van der Waals surface area contributed by atoms with E-state index in [9.17, 15) is 0 Å². The van der Waals surface area contributed by atoms with E-state index in [1.807, 2.05) is 6.07 Å². The summed E-state index contributed by atoms with van der Waals surface area (Å²) in [6.45, 7) is 0.436. The molecule has 0 unspecified atom stereocenters. The van der Waals surface area contributed by atoms with Crippen LogP contribution in [0, 0.1) is 11.3 Å². The molecule has 74 valence electrons. The minimum absolute atomic E-state index is 0.199. The Labute approximate surface area is 83.1 Å². The quantitative estimate of drug-likeness (QED) is 0.691. The van der Waals surface area contributed by atoms with E-state index in [0.717, 1.165) is 5.56 Å². The standard InChI is InChI=1S/C10H13N3O/c1-14-6-10(13)7-2-3-8(5-11)9(12)4-7/h2-4,10H,6,12-13H2,1H3/t10-/m1/s1. The van der Waals surface area contributed by atoms with Crippen LogP contribution in [-0.4, -0.2) is 13.7 Å². The first-order chi connectivity index (χ1) is 6.69. The molecule has 0 aliphatic heterocycles. The molecule has 0 aliphatic rings. The van der Waals surface area contributed by atoms with Crippen molar-refractivity contribution in [3.8, 4) is 6.07 Å². The van der Waals surface area contributed by atoms with E-state index >= 15 is 0 Å². The Morgan fingerprint density at radius 3 is 2.79 bits per heavy atom. The van der Waals surface area contributed by atoms with Crippen molar-refractivity contribution in [1.29, 1.82) is 5.26 Å². The number of hydrogen-bond donors (Lipinski definition) is 2. The molecule has 0 saturated carbocycles. The molecule has 0 fully saturated rings. The first-order valence-electron chi connectivity index (χ1n) is 4.23. The zero-order valence-corrected chi connectivity index (χ0v) is 8.03. The molecule has 1 rings (SSSR count). The van der Waals surface area contributed by atoms with E-state index < -0.39 is 0 Å². The molecule has 4 heteroatoms. The fourth-order valence-corrected chi connectivity index (χ4v) is 1.19. The third kappa shape index (κ3) is 2.22. The minimum atomic E-state index is -0.199. The predicted octanol–water partition coefficient (Wildman–Crippen LogP) is 0.787. The highest BCUT2D eigenvalue weighted by molar-refractivity contribution is 5.55. The molecule has 1 aromatic rings. The molecule has 1 aromatic carbocycles. The molecule has 4 nitrogen and oxygen atoms in total. The van der Waals surface area contributed by atoms with Crippen molar-refractivity contribution in [2.24, 2.45) is 5.73 Å². The number of benzene rings is 1. The second kappa shape index (κ2) is 4.61. The summed E-state index contributed by atoms with van der Waals surface area (Å²) in [7, 11) is 1.59. The number of hydrogen-bond acceptors (Lipinski definition) is 4. The Balaban J connectivity index is 2.92. The third-order valence-corrected chi connectivity index (χ3v) is 1.97. The third-order valence-electron chi connectivity index (χ3n) is 1.97. The van der Waals surface area contributed by atoms with Gasteiger partial charge < -0.3 is 16.2 Å². The van der Waals surface area contributed by atoms with Gasteiger partial charge in [0.15, 0.2) is 0 Å². The Morgan fingerprint density at radius 2 is 2.29 bits per heavy atom. The lowest BCUT2D eigenvalue weighted by atomic mass is 10.0. The summed E-state index contributed by atoms with van der Waals surface area (Å²) < 4.78 is 4.92. The van der Waals surface area contributed by atoms with Crippen LogP contribution in [0.1, 0.15) is 17.2 Å². The molecule has 0 radical (unpaired) electrons. The van der Waals surface area contributed by atoms with Crippen LogP contribution in [0.5, 0.6) is 0 Å². The van der Waals surface area contributed by atoms with Gasteiger partial charge in [0.1, 0.15) is 6.07 Å². The highest BCUT2D eigenvalue weighted by Crippen LogP contribution is 2.17. The van der Waals surface area contributed by atoms with Crippen molar-refractivity contribution < 1.29 is 4.74 Å². The summed E-state index contributed by atoms with van der Waals surface area (Å²) in [5, 5.41) is 8.67. The second-order valence-electron chi connectivity index (χ2n) is 3.02. The van der Waals surface area contributed by atoms with E-state index in [4.69, 9.17) is 21.5 Å². The van der Waals surface area contributed by atoms with Gasteiger partial charge in [-0.3, -0.25) is 0 Å². The van der Waals surface area contributed by atoms with Gasteiger partial charge in [-0.2, -0.15) is 5.26 Å². The number of anilines is 1. The molecular formula is C10H13N3O. The smallest absolute Gasteiger partial charge is 0.101 e. The zero-order chi connectivity index (χ0) is 10.6. The predicted molar refractivity (Wildman–Crippen MR) is 54.4 cm³/mol. The van der Waals surface area contributed by atoms with E-state index in [1.165, 1.54) is 0 Å². The van der Waals surface area contributed by atoms with Gasteiger partial charge in [-0.25, -0.2) is 0 Å². The van der Waals surface area contributed by atoms with Crippen LogP contribution in [0.4, 0.5) is 5.69 Å². The normalized spacial score (nSPS) is 12.1. The molecule has 14 heavy (non-hydrogen) atoms. The van der Waals surface area contributed by atoms with E-state index in [2.05, 4.69) is 0 Å². The van der Waals surface area contributed by atoms with Crippen molar-refractivity contribution in [3.05, 3.63) is 29.3 Å². The number of methoxy groups -OCH3 is 1. The molecule has 0 aromatic heterocycles. The van der Waals surface area contributed by atoms with Crippen LogP contribution in [0.15, 0.2) is 18.2 Å². The van der Waals surface area contributed by atoms with Crippen molar-refractivity contribution in [2.45, 2.75) is 6.04 Å². The Bertz CT molecular complexity index is 357. The van der Waals surface area contributed by atoms with E-state index in [0.29, 0.717) is 17.9 Å². The first kappa shape index (κ1) is 10.5. The second-order valence-corrected chi connectivity index (χ2v) is 3.02. The number of rotatable bonds is 3. The van der Waals surface area contributed by atoms with Crippen LogP contribution in [0.3, 0.4) is 0 Å². The average molecular weight is 191 g/mol. The van der Waals surface area contributed by atoms with Crippen molar-refractivity contribution >= 4 is 5.69 Å². The van der Waals surface area contributed by atoms with Gasteiger partial charge in [-0.15, -0.1) is 0 Å². The van der Waals surface area contributed by atoms with Gasteiger partial charge in [0.05, 0.1) is 18.2 Å². The maximum absolute atomic E-state index is 8.67. The fourth-order valence-electron chi connectivity index (χ4n) is 1.19. The molecule has 4 N–H and O–H groups in total. The highest BCUT2D eigenvalue weighted by Gasteiger charge is 2.07.